The van der Waals surface area contributed by atoms with Crippen LogP contribution in [-0.4, -0.2) is 48.1 Å². The summed E-state index contributed by atoms with van der Waals surface area (Å²) < 4.78 is 16.4. The van der Waals surface area contributed by atoms with Gasteiger partial charge in [-0.3, -0.25) is 0 Å². The molecule has 4 rings (SSSR count). The van der Waals surface area contributed by atoms with Crippen molar-refractivity contribution in [2.45, 2.75) is 45.9 Å². The van der Waals surface area contributed by atoms with Crippen LogP contribution in [-0.2, 0) is 11.3 Å². The molecule has 1 amide bonds. The zero-order valence-electron chi connectivity index (χ0n) is 22.9. The molecule has 4 aromatic rings. The van der Waals surface area contributed by atoms with Crippen molar-refractivity contribution in [3.05, 3.63) is 64.5 Å². The SMILES string of the molecule is COc1cc2cnnc(NC(C)c3cc(-c4ccccc4CN(C)C(=O)OC(C)(C)C)cs3)c2cc1OC. The van der Waals surface area contributed by atoms with E-state index in [0.717, 1.165) is 32.3 Å². The molecule has 2 aromatic carbocycles. The third-order valence-electron chi connectivity index (χ3n) is 6.01. The molecule has 0 saturated heterocycles. The van der Waals surface area contributed by atoms with Crippen molar-refractivity contribution in [2.24, 2.45) is 0 Å². The van der Waals surface area contributed by atoms with E-state index in [0.29, 0.717) is 23.9 Å². The van der Waals surface area contributed by atoms with Gasteiger partial charge in [-0.1, -0.05) is 24.3 Å². The molecule has 2 aromatic heterocycles. The van der Waals surface area contributed by atoms with E-state index in [1.165, 1.54) is 0 Å². The number of hydrogen-bond acceptors (Lipinski definition) is 8. The number of carbonyl (C=O) groups is 1. The molecule has 200 valence electrons. The van der Waals surface area contributed by atoms with Crippen LogP contribution >= 0.6 is 11.3 Å². The highest BCUT2D eigenvalue weighted by atomic mass is 32.1. The number of carbonyl (C=O) groups excluding carboxylic acids is 1. The fourth-order valence-electron chi connectivity index (χ4n) is 4.11. The lowest BCUT2D eigenvalue weighted by Crippen LogP contribution is -2.33. The van der Waals surface area contributed by atoms with Gasteiger partial charge in [0.15, 0.2) is 17.3 Å². The van der Waals surface area contributed by atoms with Gasteiger partial charge in [-0.05, 0) is 68.0 Å². The average molecular weight is 535 g/mol. The fourth-order valence-corrected chi connectivity index (χ4v) is 5.03. The molecule has 0 aliphatic heterocycles. The van der Waals surface area contributed by atoms with Gasteiger partial charge < -0.3 is 24.4 Å². The molecule has 2 heterocycles. The number of nitrogens with one attached hydrogen (secondary N) is 1. The number of fused-ring (bicyclic) bond motifs is 1. The van der Waals surface area contributed by atoms with Crippen LogP contribution < -0.4 is 14.8 Å². The molecule has 38 heavy (non-hydrogen) atoms. The molecule has 9 heteroatoms. The molecule has 1 N–H and O–H groups in total. The highest BCUT2D eigenvalue weighted by molar-refractivity contribution is 7.10. The first-order chi connectivity index (χ1) is 18.1. The van der Waals surface area contributed by atoms with Gasteiger partial charge in [-0.15, -0.1) is 16.4 Å². The Morgan fingerprint density at radius 2 is 1.82 bits per heavy atom. The van der Waals surface area contributed by atoms with Crippen molar-refractivity contribution >= 4 is 34.0 Å². The highest BCUT2D eigenvalue weighted by Crippen LogP contribution is 2.37. The van der Waals surface area contributed by atoms with Crippen molar-refractivity contribution in [2.75, 3.05) is 26.6 Å². The van der Waals surface area contributed by atoms with Crippen LogP contribution in [0.5, 0.6) is 11.5 Å². The Morgan fingerprint density at radius 1 is 1.11 bits per heavy atom. The number of methoxy groups -OCH3 is 2. The van der Waals surface area contributed by atoms with E-state index in [1.807, 2.05) is 51.1 Å². The Morgan fingerprint density at radius 3 is 2.53 bits per heavy atom. The second-order valence-corrected chi connectivity index (χ2v) is 11.0. The van der Waals surface area contributed by atoms with Crippen LogP contribution in [0, 0.1) is 0 Å². The van der Waals surface area contributed by atoms with E-state index in [9.17, 15) is 4.79 Å². The van der Waals surface area contributed by atoms with Crippen LogP contribution in [0.1, 0.15) is 44.2 Å². The molecule has 0 aliphatic carbocycles. The number of anilines is 1. The summed E-state index contributed by atoms with van der Waals surface area (Å²) in [5, 5.41) is 16.0. The quantitative estimate of drug-likeness (QED) is 0.263. The number of rotatable bonds is 8. The van der Waals surface area contributed by atoms with Crippen LogP contribution in [0.3, 0.4) is 0 Å². The van der Waals surface area contributed by atoms with Crippen LogP contribution in [0.2, 0.25) is 0 Å². The third kappa shape index (κ3) is 6.16. The van der Waals surface area contributed by atoms with E-state index >= 15 is 0 Å². The van der Waals surface area contributed by atoms with Crippen LogP contribution in [0.15, 0.2) is 54.0 Å². The Labute approximate surface area is 227 Å². The van der Waals surface area contributed by atoms with Crippen molar-refractivity contribution in [1.29, 1.82) is 0 Å². The normalized spacial score (nSPS) is 12.2. The molecule has 8 nitrogen and oxygen atoms in total. The zero-order chi connectivity index (χ0) is 27.4. The molecule has 1 unspecified atom stereocenters. The number of hydrogen-bond donors (Lipinski definition) is 1. The van der Waals surface area contributed by atoms with Crippen molar-refractivity contribution < 1.29 is 19.0 Å². The second kappa shape index (κ2) is 11.3. The Hall–Kier alpha value is -3.85. The molecule has 0 saturated carbocycles. The molecule has 0 spiro atoms. The van der Waals surface area contributed by atoms with Crippen molar-refractivity contribution in [1.82, 2.24) is 15.1 Å². The summed E-state index contributed by atoms with van der Waals surface area (Å²) >= 11 is 1.67. The van der Waals surface area contributed by atoms with Crippen molar-refractivity contribution in [3.8, 4) is 22.6 Å². The summed E-state index contributed by atoms with van der Waals surface area (Å²) in [7, 11) is 4.98. The lowest BCUT2D eigenvalue weighted by Gasteiger charge is -2.25. The van der Waals surface area contributed by atoms with E-state index in [1.54, 1.807) is 43.7 Å². The summed E-state index contributed by atoms with van der Waals surface area (Å²) in [5.41, 5.74) is 2.69. The van der Waals surface area contributed by atoms with Gasteiger partial charge in [0.25, 0.3) is 0 Å². The number of ether oxygens (including phenoxy) is 3. The molecular formula is C29H34N4O4S. The van der Waals surface area contributed by atoms with E-state index in [-0.39, 0.29) is 12.1 Å². The standard InChI is InChI=1S/C29H34N4O4S/c1-18(31-27-23-14-25(36-7)24(35-6)12-20(23)15-30-32-27)26-13-21(17-38-26)22-11-9-8-10-19(22)16-33(5)28(34)37-29(2,3)4/h8-15,17-18H,16H2,1-7H3,(H,31,32). The van der Waals surface area contributed by atoms with Crippen LogP contribution in [0.4, 0.5) is 10.6 Å². The van der Waals surface area contributed by atoms with E-state index in [4.69, 9.17) is 14.2 Å². The predicted octanol–water partition coefficient (Wildman–Crippen LogP) is 6.92. The van der Waals surface area contributed by atoms with Gasteiger partial charge in [0.2, 0.25) is 0 Å². The lowest BCUT2D eigenvalue weighted by molar-refractivity contribution is 0.0285. The first-order valence-electron chi connectivity index (χ1n) is 12.3. The first-order valence-corrected chi connectivity index (χ1v) is 13.2. The van der Waals surface area contributed by atoms with Gasteiger partial charge in [0.05, 0.1) is 26.5 Å². The number of aromatic nitrogens is 2. The summed E-state index contributed by atoms with van der Waals surface area (Å²) in [6.07, 6.45) is 1.36. The molecule has 0 bridgehead atoms. The first kappa shape index (κ1) is 27.2. The number of benzene rings is 2. The lowest BCUT2D eigenvalue weighted by atomic mass is 10.0. The minimum atomic E-state index is -0.540. The van der Waals surface area contributed by atoms with E-state index in [2.05, 4.69) is 40.0 Å². The summed E-state index contributed by atoms with van der Waals surface area (Å²) in [6.45, 7) is 8.14. The van der Waals surface area contributed by atoms with Gasteiger partial charge in [0.1, 0.15) is 5.60 Å². The maximum Gasteiger partial charge on any atom is 0.410 e. The smallest absolute Gasteiger partial charge is 0.410 e. The average Bonchev–Trinajstić information content (AvgIpc) is 3.37. The Kier molecular flexibility index (Phi) is 8.06. The van der Waals surface area contributed by atoms with Gasteiger partial charge in [0, 0.05) is 29.2 Å². The van der Waals surface area contributed by atoms with Gasteiger partial charge in [-0.2, -0.15) is 5.10 Å². The Balaban J connectivity index is 1.55. The maximum absolute atomic E-state index is 12.5. The largest absolute Gasteiger partial charge is 0.493 e. The monoisotopic (exact) mass is 534 g/mol. The molecule has 0 fully saturated rings. The summed E-state index contributed by atoms with van der Waals surface area (Å²) in [4.78, 5) is 15.3. The summed E-state index contributed by atoms with van der Waals surface area (Å²) in [5.74, 6) is 1.95. The number of nitrogens with zero attached hydrogens (tertiary/aromatic N) is 3. The maximum atomic E-state index is 12.5. The molecule has 1 atom stereocenters. The number of thiophene rings is 1. The van der Waals surface area contributed by atoms with Crippen molar-refractivity contribution in [3.63, 3.8) is 0 Å². The summed E-state index contributed by atoms with van der Waals surface area (Å²) in [6, 6.07) is 14.1. The van der Waals surface area contributed by atoms with Crippen LogP contribution in [0.25, 0.3) is 21.9 Å². The Bertz CT molecular complexity index is 1430. The topological polar surface area (TPSA) is 85.8 Å². The van der Waals surface area contributed by atoms with Gasteiger partial charge in [-0.25, -0.2) is 4.79 Å². The fraction of sp³-hybridized carbons (Fsp3) is 0.345. The number of amides is 1. The zero-order valence-corrected chi connectivity index (χ0v) is 23.7. The van der Waals surface area contributed by atoms with E-state index < -0.39 is 5.60 Å². The minimum absolute atomic E-state index is 0.0154. The molecule has 0 aliphatic rings. The third-order valence-corrected chi connectivity index (χ3v) is 7.12. The molecule has 0 radical (unpaired) electrons. The minimum Gasteiger partial charge on any atom is -0.493 e. The predicted molar refractivity (Wildman–Crippen MR) is 152 cm³/mol. The highest BCUT2D eigenvalue weighted by Gasteiger charge is 2.21. The second-order valence-electron chi connectivity index (χ2n) is 10.1. The molecular weight excluding hydrogens is 500 g/mol. The van der Waals surface area contributed by atoms with Gasteiger partial charge >= 0.3 is 6.09 Å².